The van der Waals surface area contributed by atoms with Crippen LogP contribution in [0.5, 0.6) is 0 Å². The number of hydrogen-bond donors (Lipinski definition) is 2. The lowest BCUT2D eigenvalue weighted by molar-refractivity contribution is -0.141. The number of rotatable bonds is 4. The molecule has 0 spiro atoms. The molecule has 3 N–H and O–H groups in total. The van der Waals surface area contributed by atoms with E-state index in [9.17, 15) is 22.8 Å². The Bertz CT molecular complexity index is 1110. The zero-order valence-electron chi connectivity index (χ0n) is 14.5. The van der Waals surface area contributed by atoms with E-state index in [4.69, 9.17) is 17.3 Å². The topological polar surface area (TPSA) is 103 Å². The van der Waals surface area contributed by atoms with E-state index in [1.165, 1.54) is 17.8 Å². The van der Waals surface area contributed by atoms with Crippen LogP contribution in [-0.2, 0) is 12.7 Å². The summed E-state index contributed by atoms with van der Waals surface area (Å²) in [5, 5.41) is 6.79. The minimum Gasteiger partial charge on any atom is -0.365 e. The Morgan fingerprint density at radius 2 is 2.07 bits per heavy atom. The highest BCUT2D eigenvalue weighted by Crippen LogP contribution is 2.40. The lowest BCUT2D eigenvalue weighted by Gasteiger charge is -2.10. The third-order valence-electron chi connectivity index (χ3n) is 3.92. The van der Waals surface area contributed by atoms with Crippen molar-refractivity contribution in [1.82, 2.24) is 14.8 Å². The molecule has 12 heteroatoms. The second kappa shape index (κ2) is 7.06. The summed E-state index contributed by atoms with van der Waals surface area (Å²) in [6.45, 7) is 3.54. The number of amides is 2. The molecule has 0 aliphatic rings. The molecule has 0 aromatic carbocycles. The highest BCUT2D eigenvalue weighted by Gasteiger charge is 2.34. The van der Waals surface area contributed by atoms with Gasteiger partial charge in [0.2, 0.25) is 0 Å². The van der Waals surface area contributed by atoms with Crippen molar-refractivity contribution in [2.24, 2.45) is 5.73 Å². The maximum atomic E-state index is 13.0. The number of nitrogens with two attached hydrogens (primary N) is 1. The van der Waals surface area contributed by atoms with E-state index >= 15 is 0 Å². The number of aromatic nitrogens is 3. The average Bonchev–Trinajstić information content (AvgIpc) is 3.14. The van der Waals surface area contributed by atoms with E-state index in [2.05, 4.69) is 15.4 Å². The van der Waals surface area contributed by atoms with Gasteiger partial charge in [-0.25, -0.2) is 4.98 Å². The van der Waals surface area contributed by atoms with E-state index in [-0.39, 0.29) is 37.1 Å². The maximum Gasteiger partial charge on any atom is 0.433 e. The SMILES string of the molecule is CCn1ncc(Cl)c1C(=O)Nc1c(C(N)=O)sc2nc(C(F)(F)F)cc(C)c12. The number of aryl methyl sites for hydroxylation is 2. The number of alkyl halides is 3. The van der Waals surface area contributed by atoms with Crippen LogP contribution >= 0.6 is 22.9 Å². The number of hydrogen-bond acceptors (Lipinski definition) is 5. The van der Waals surface area contributed by atoms with Crippen molar-refractivity contribution in [3.63, 3.8) is 0 Å². The van der Waals surface area contributed by atoms with E-state index in [0.29, 0.717) is 17.9 Å². The van der Waals surface area contributed by atoms with Gasteiger partial charge >= 0.3 is 6.18 Å². The monoisotopic (exact) mass is 431 g/mol. The quantitative estimate of drug-likeness (QED) is 0.655. The number of anilines is 1. The Morgan fingerprint density at radius 3 is 2.64 bits per heavy atom. The number of primary amides is 1. The molecule has 148 valence electrons. The highest BCUT2D eigenvalue weighted by molar-refractivity contribution is 7.21. The second-order valence-corrected chi connectivity index (χ2v) is 7.19. The fourth-order valence-corrected chi connectivity index (χ4v) is 4.01. The van der Waals surface area contributed by atoms with Gasteiger partial charge in [-0.15, -0.1) is 11.3 Å². The molecule has 7 nitrogen and oxygen atoms in total. The molecule has 0 atom stereocenters. The number of fused-ring (bicyclic) bond motifs is 1. The highest BCUT2D eigenvalue weighted by atomic mass is 35.5. The fraction of sp³-hybridized carbons (Fsp3) is 0.250. The zero-order valence-corrected chi connectivity index (χ0v) is 16.1. The predicted molar refractivity (Wildman–Crippen MR) is 98.7 cm³/mol. The normalized spacial score (nSPS) is 11.8. The molecule has 0 bridgehead atoms. The third kappa shape index (κ3) is 3.42. The second-order valence-electron chi connectivity index (χ2n) is 5.78. The van der Waals surface area contributed by atoms with E-state index in [1.54, 1.807) is 6.92 Å². The minimum atomic E-state index is -4.65. The first-order valence-electron chi connectivity index (χ1n) is 7.88. The molecule has 3 aromatic heterocycles. The zero-order chi connectivity index (χ0) is 20.8. The molecule has 3 aromatic rings. The Labute approximate surface area is 165 Å². The van der Waals surface area contributed by atoms with Crippen molar-refractivity contribution < 1.29 is 22.8 Å². The first kappa shape index (κ1) is 20.1. The van der Waals surface area contributed by atoms with Gasteiger partial charge in [0.1, 0.15) is 21.1 Å². The number of halogens is 4. The van der Waals surface area contributed by atoms with Crippen molar-refractivity contribution in [2.75, 3.05) is 5.32 Å². The van der Waals surface area contributed by atoms with E-state index in [1.807, 2.05) is 0 Å². The van der Waals surface area contributed by atoms with Crippen LogP contribution in [0.25, 0.3) is 10.2 Å². The first-order chi connectivity index (χ1) is 13.0. The van der Waals surface area contributed by atoms with Crippen LogP contribution in [0.1, 0.15) is 38.3 Å². The molecule has 0 aliphatic heterocycles. The van der Waals surface area contributed by atoms with Gasteiger partial charge in [0, 0.05) is 11.9 Å². The van der Waals surface area contributed by atoms with Gasteiger partial charge in [-0.2, -0.15) is 18.3 Å². The summed E-state index contributed by atoms with van der Waals surface area (Å²) < 4.78 is 40.5. The largest absolute Gasteiger partial charge is 0.433 e. The standard InChI is InChI=1S/C16H13ClF3N5O2S/c1-3-25-11(7(17)5-22-25)14(27)24-10-9-6(2)4-8(16(18,19)20)23-15(9)28-12(10)13(21)26/h4-5H,3H2,1-2H3,(H2,21,26)(H,24,27). The molecule has 2 amide bonds. The predicted octanol–water partition coefficient (Wildman–Crippen LogP) is 3.84. The maximum absolute atomic E-state index is 13.0. The Kier molecular flexibility index (Phi) is 5.06. The van der Waals surface area contributed by atoms with Gasteiger partial charge in [0.25, 0.3) is 11.8 Å². The number of thiophene rings is 1. The number of carbonyl (C=O) groups is 2. The number of nitrogens with zero attached hydrogens (tertiary/aromatic N) is 3. The fourth-order valence-electron chi connectivity index (χ4n) is 2.72. The van der Waals surface area contributed by atoms with Gasteiger partial charge in [-0.1, -0.05) is 11.6 Å². The summed E-state index contributed by atoms with van der Waals surface area (Å²) in [5.74, 6) is -1.58. The Balaban J connectivity index is 2.17. The van der Waals surface area contributed by atoms with Crippen molar-refractivity contribution in [3.05, 3.63) is 39.1 Å². The number of carbonyl (C=O) groups excluding carboxylic acids is 2. The molecule has 0 saturated carbocycles. The molecule has 28 heavy (non-hydrogen) atoms. The molecule has 3 heterocycles. The molecular weight excluding hydrogens is 419 g/mol. The van der Waals surface area contributed by atoms with E-state index in [0.717, 1.165) is 6.07 Å². The third-order valence-corrected chi connectivity index (χ3v) is 5.30. The molecule has 0 aliphatic carbocycles. The summed E-state index contributed by atoms with van der Waals surface area (Å²) in [6.07, 6.45) is -3.36. The van der Waals surface area contributed by atoms with E-state index < -0.39 is 23.7 Å². The summed E-state index contributed by atoms with van der Waals surface area (Å²) in [5.41, 5.74) is 4.50. The summed E-state index contributed by atoms with van der Waals surface area (Å²) in [6, 6.07) is 0.846. The molecule has 0 saturated heterocycles. The van der Waals surface area contributed by atoms with Crippen LogP contribution in [0.3, 0.4) is 0 Å². The molecule has 3 rings (SSSR count). The first-order valence-corrected chi connectivity index (χ1v) is 9.07. The minimum absolute atomic E-state index is 0.00357. The van der Waals surface area contributed by atoms with Gasteiger partial charge in [0.15, 0.2) is 0 Å². The lowest BCUT2D eigenvalue weighted by atomic mass is 10.1. The van der Waals surface area contributed by atoms with Gasteiger partial charge < -0.3 is 11.1 Å². The van der Waals surface area contributed by atoms with Crippen molar-refractivity contribution in [2.45, 2.75) is 26.6 Å². The van der Waals surface area contributed by atoms with Crippen LogP contribution in [0.4, 0.5) is 18.9 Å². The van der Waals surface area contributed by atoms with Gasteiger partial charge in [-0.3, -0.25) is 14.3 Å². The average molecular weight is 432 g/mol. The van der Waals surface area contributed by atoms with Gasteiger partial charge in [-0.05, 0) is 25.5 Å². The lowest BCUT2D eigenvalue weighted by Crippen LogP contribution is -2.20. The Morgan fingerprint density at radius 1 is 1.39 bits per heavy atom. The number of pyridine rings is 1. The smallest absolute Gasteiger partial charge is 0.365 e. The van der Waals surface area contributed by atoms with Crippen LogP contribution in [-0.4, -0.2) is 26.6 Å². The summed E-state index contributed by atoms with van der Waals surface area (Å²) >= 11 is 6.69. The summed E-state index contributed by atoms with van der Waals surface area (Å²) in [4.78, 5) is 28.0. The van der Waals surface area contributed by atoms with Crippen LogP contribution in [0.15, 0.2) is 12.3 Å². The molecule has 0 unspecified atom stereocenters. The van der Waals surface area contributed by atoms with Crippen LogP contribution in [0, 0.1) is 6.92 Å². The van der Waals surface area contributed by atoms with Crippen LogP contribution in [0.2, 0.25) is 5.02 Å². The van der Waals surface area contributed by atoms with Crippen LogP contribution < -0.4 is 11.1 Å². The Hall–Kier alpha value is -2.66. The molecular formula is C16H13ClF3N5O2S. The molecule has 0 fully saturated rings. The number of nitrogens with one attached hydrogen (secondary N) is 1. The molecule has 0 radical (unpaired) electrons. The van der Waals surface area contributed by atoms with Crippen molar-refractivity contribution >= 4 is 50.7 Å². The van der Waals surface area contributed by atoms with Gasteiger partial charge in [0.05, 0.1) is 16.9 Å². The van der Waals surface area contributed by atoms with Crippen molar-refractivity contribution in [1.29, 1.82) is 0 Å². The van der Waals surface area contributed by atoms with Crippen molar-refractivity contribution in [3.8, 4) is 0 Å². The summed E-state index contributed by atoms with van der Waals surface area (Å²) in [7, 11) is 0.